The zero-order valence-electron chi connectivity index (χ0n) is 29.2. The van der Waals surface area contributed by atoms with Crippen LogP contribution in [-0.4, -0.2) is 23.0 Å². The van der Waals surface area contributed by atoms with E-state index in [-0.39, 0.29) is 0 Å². The highest BCUT2D eigenvalue weighted by molar-refractivity contribution is 4.93. The molecule has 3 aliphatic rings. The van der Waals surface area contributed by atoms with Gasteiger partial charge in [-0.2, -0.15) is 0 Å². The summed E-state index contributed by atoms with van der Waals surface area (Å²) in [5.41, 5.74) is 0.995. The highest BCUT2D eigenvalue weighted by Gasteiger charge is 2.33. The lowest BCUT2D eigenvalue weighted by atomic mass is 9.72. The molecule has 0 aromatic rings. The summed E-state index contributed by atoms with van der Waals surface area (Å²) in [5.74, 6) is 1.78. The SMILES string of the molecule is CCC(C)(C)C1C/C=C\CCC(N(C2CCCCCCC2)C2CCCCCC(C(C)(C)CC)CCCC2)CCCC1. The smallest absolute Gasteiger partial charge is 0.0104 e. The van der Waals surface area contributed by atoms with Crippen molar-refractivity contribution in [1.29, 1.82) is 0 Å². The first-order valence-corrected chi connectivity index (χ1v) is 19.2. The molecule has 0 N–H and O–H groups in total. The van der Waals surface area contributed by atoms with Crippen molar-refractivity contribution in [2.24, 2.45) is 22.7 Å². The molecule has 0 bridgehead atoms. The molecule has 2 saturated carbocycles. The second-order valence-corrected chi connectivity index (χ2v) is 16.3. The average Bonchev–Trinajstić information content (AvgIpc) is 3.03. The summed E-state index contributed by atoms with van der Waals surface area (Å²) in [6.07, 6.45) is 41.1. The molecule has 0 spiro atoms. The maximum Gasteiger partial charge on any atom is 0.0104 e. The van der Waals surface area contributed by atoms with Crippen LogP contribution >= 0.6 is 0 Å². The Bertz CT molecular complexity index is 696. The van der Waals surface area contributed by atoms with Gasteiger partial charge in [-0.25, -0.2) is 0 Å². The standard InChI is InChI=1S/C40H75N/c1-7-39(3,4)34-24-14-12-18-30-37(32-22-20-26-34)41(36-28-16-10-9-11-17-29-36)38-31-19-13-15-25-35(27-21-23-33-38)40(5,6)8-2/h12,14,34-38H,7-11,13,15-33H2,1-6H3/b14-12-. The van der Waals surface area contributed by atoms with Gasteiger partial charge in [-0.05, 0) is 93.3 Å². The lowest BCUT2D eigenvalue weighted by Gasteiger charge is -2.45. The predicted octanol–water partition coefficient (Wildman–Crippen LogP) is 13.1. The van der Waals surface area contributed by atoms with Crippen LogP contribution in [0.2, 0.25) is 0 Å². The van der Waals surface area contributed by atoms with Gasteiger partial charge < -0.3 is 0 Å². The Morgan fingerprint density at radius 2 is 0.829 bits per heavy atom. The van der Waals surface area contributed by atoms with Crippen molar-refractivity contribution >= 4 is 0 Å². The van der Waals surface area contributed by atoms with Crippen LogP contribution in [-0.2, 0) is 0 Å². The van der Waals surface area contributed by atoms with Crippen LogP contribution in [0.5, 0.6) is 0 Å². The Kier molecular flexibility index (Phi) is 15.9. The lowest BCUT2D eigenvalue weighted by molar-refractivity contribution is 0.0403. The molecular formula is C40H75N. The van der Waals surface area contributed by atoms with Crippen molar-refractivity contribution in [2.75, 3.05) is 0 Å². The summed E-state index contributed by atoms with van der Waals surface area (Å²) in [6.45, 7) is 15.0. The van der Waals surface area contributed by atoms with E-state index in [1.165, 1.54) is 161 Å². The highest BCUT2D eigenvalue weighted by Crippen LogP contribution is 2.40. The van der Waals surface area contributed by atoms with E-state index in [2.05, 4.69) is 58.6 Å². The van der Waals surface area contributed by atoms with Crippen molar-refractivity contribution in [3.05, 3.63) is 12.2 Å². The highest BCUT2D eigenvalue weighted by atomic mass is 15.2. The first-order chi connectivity index (χ1) is 19.8. The number of nitrogens with zero attached hydrogens (tertiary/aromatic N) is 1. The second-order valence-electron chi connectivity index (χ2n) is 16.3. The summed E-state index contributed by atoms with van der Waals surface area (Å²) in [4.78, 5) is 3.26. The van der Waals surface area contributed by atoms with Gasteiger partial charge >= 0.3 is 0 Å². The minimum atomic E-state index is 0.475. The van der Waals surface area contributed by atoms with Crippen LogP contribution in [0.3, 0.4) is 0 Å². The average molecular weight is 570 g/mol. The largest absolute Gasteiger partial charge is 0.294 e. The van der Waals surface area contributed by atoms with E-state index in [1.807, 2.05) is 0 Å². The topological polar surface area (TPSA) is 3.24 Å². The van der Waals surface area contributed by atoms with E-state index < -0.39 is 0 Å². The van der Waals surface area contributed by atoms with Gasteiger partial charge in [0.25, 0.3) is 0 Å². The van der Waals surface area contributed by atoms with Crippen molar-refractivity contribution in [3.8, 4) is 0 Å². The van der Waals surface area contributed by atoms with E-state index in [0.717, 1.165) is 30.0 Å². The van der Waals surface area contributed by atoms with Gasteiger partial charge in [0.2, 0.25) is 0 Å². The molecule has 1 heteroatoms. The lowest BCUT2D eigenvalue weighted by Crippen LogP contribution is -2.50. The van der Waals surface area contributed by atoms with Crippen molar-refractivity contribution < 1.29 is 0 Å². The minimum Gasteiger partial charge on any atom is -0.294 e. The summed E-state index contributed by atoms with van der Waals surface area (Å²) >= 11 is 0. The van der Waals surface area contributed by atoms with Crippen LogP contribution in [0.4, 0.5) is 0 Å². The maximum absolute atomic E-state index is 3.26. The van der Waals surface area contributed by atoms with Crippen LogP contribution in [0.15, 0.2) is 12.2 Å². The van der Waals surface area contributed by atoms with Crippen LogP contribution in [0.1, 0.15) is 202 Å². The van der Waals surface area contributed by atoms with Gasteiger partial charge in [0.15, 0.2) is 0 Å². The van der Waals surface area contributed by atoms with Gasteiger partial charge in [-0.15, -0.1) is 0 Å². The fourth-order valence-electron chi connectivity index (χ4n) is 9.00. The van der Waals surface area contributed by atoms with Crippen molar-refractivity contribution in [2.45, 2.75) is 220 Å². The third-order valence-corrected chi connectivity index (χ3v) is 12.9. The quantitative estimate of drug-likeness (QED) is 0.276. The Morgan fingerprint density at radius 3 is 1.37 bits per heavy atom. The van der Waals surface area contributed by atoms with Gasteiger partial charge in [0.05, 0.1) is 0 Å². The fraction of sp³-hybridized carbons (Fsp3) is 0.950. The predicted molar refractivity (Wildman–Crippen MR) is 184 cm³/mol. The number of hydrogen-bond donors (Lipinski definition) is 0. The molecular weight excluding hydrogens is 494 g/mol. The Balaban J connectivity index is 1.76. The third-order valence-electron chi connectivity index (χ3n) is 12.9. The van der Waals surface area contributed by atoms with Crippen LogP contribution in [0.25, 0.3) is 0 Å². The first-order valence-electron chi connectivity index (χ1n) is 19.2. The molecule has 0 aromatic heterocycles. The minimum absolute atomic E-state index is 0.475. The molecule has 0 heterocycles. The zero-order chi connectivity index (χ0) is 29.6. The molecule has 0 aliphatic heterocycles. The second kappa shape index (κ2) is 18.5. The third kappa shape index (κ3) is 11.6. The maximum atomic E-state index is 3.26. The van der Waals surface area contributed by atoms with Gasteiger partial charge in [-0.3, -0.25) is 4.90 Å². The number of hydrogen-bond acceptors (Lipinski definition) is 1. The number of allylic oxidation sites excluding steroid dienone is 2. The summed E-state index contributed by atoms with van der Waals surface area (Å²) in [5, 5.41) is 0. The molecule has 240 valence electrons. The van der Waals surface area contributed by atoms with E-state index in [1.54, 1.807) is 0 Å². The van der Waals surface area contributed by atoms with Crippen LogP contribution < -0.4 is 0 Å². The van der Waals surface area contributed by atoms with Crippen LogP contribution in [0, 0.1) is 22.7 Å². The summed E-state index contributed by atoms with van der Waals surface area (Å²) < 4.78 is 0. The molecule has 41 heavy (non-hydrogen) atoms. The van der Waals surface area contributed by atoms with Gasteiger partial charge in [0.1, 0.15) is 0 Å². The Labute approximate surface area is 259 Å². The van der Waals surface area contributed by atoms with Crippen molar-refractivity contribution in [3.63, 3.8) is 0 Å². The number of rotatable bonds is 7. The van der Waals surface area contributed by atoms with Crippen molar-refractivity contribution in [1.82, 2.24) is 4.90 Å². The van der Waals surface area contributed by atoms with E-state index in [4.69, 9.17) is 0 Å². The fourth-order valence-corrected chi connectivity index (χ4v) is 9.00. The summed E-state index contributed by atoms with van der Waals surface area (Å²) in [7, 11) is 0. The van der Waals surface area contributed by atoms with E-state index in [9.17, 15) is 0 Å². The summed E-state index contributed by atoms with van der Waals surface area (Å²) in [6, 6.07) is 2.49. The van der Waals surface area contributed by atoms with E-state index >= 15 is 0 Å². The normalized spacial score (nSPS) is 30.9. The molecule has 0 amide bonds. The Morgan fingerprint density at radius 1 is 0.463 bits per heavy atom. The zero-order valence-corrected chi connectivity index (χ0v) is 29.2. The molecule has 0 saturated heterocycles. The molecule has 4 unspecified atom stereocenters. The molecule has 3 rings (SSSR count). The molecule has 0 radical (unpaired) electrons. The first kappa shape index (κ1) is 35.2. The molecule has 0 aromatic carbocycles. The van der Waals surface area contributed by atoms with Gasteiger partial charge in [0, 0.05) is 18.1 Å². The van der Waals surface area contributed by atoms with E-state index in [0.29, 0.717) is 10.8 Å². The molecule has 4 atom stereocenters. The molecule has 3 aliphatic carbocycles. The van der Waals surface area contributed by atoms with Gasteiger partial charge in [-0.1, -0.05) is 144 Å². The Hall–Kier alpha value is -0.300. The molecule has 1 nitrogen and oxygen atoms in total. The molecule has 2 fully saturated rings. The monoisotopic (exact) mass is 570 g/mol.